The van der Waals surface area contributed by atoms with E-state index in [0.717, 1.165) is 0 Å². The summed E-state index contributed by atoms with van der Waals surface area (Å²) in [5.74, 6) is -2.03. The first-order valence-electron chi connectivity index (χ1n) is 4.76. The van der Waals surface area contributed by atoms with Gasteiger partial charge in [-0.05, 0) is 33.3 Å². The van der Waals surface area contributed by atoms with Gasteiger partial charge in [-0.15, -0.1) is 10.2 Å². The highest BCUT2D eigenvalue weighted by molar-refractivity contribution is 9.11. The average Bonchev–Trinajstić information content (AvgIpc) is 2.85. The first kappa shape index (κ1) is 13.6. The number of halogens is 2. The van der Waals surface area contributed by atoms with E-state index in [2.05, 4.69) is 57.8 Å². The summed E-state index contributed by atoms with van der Waals surface area (Å²) in [6.07, 6.45) is 0. The second-order valence-corrected chi connectivity index (χ2v) is 5.07. The van der Waals surface area contributed by atoms with Crippen molar-refractivity contribution >= 4 is 49.4 Å². The molecule has 0 aliphatic rings. The van der Waals surface area contributed by atoms with Gasteiger partial charge in [0.2, 0.25) is 0 Å². The number of hydrogen-bond donors (Lipinski definition) is 3. The number of H-pyrrole nitrogens is 1. The number of aromatic carboxylic acids is 1. The molecule has 0 radical (unpaired) electrons. The SMILES string of the molecule is O=C(Nc1c(Br)cc(Br)cc1C(=O)O)c1nn[nH]n1. The van der Waals surface area contributed by atoms with Crippen LogP contribution in [0.4, 0.5) is 5.69 Å². The monoisotopic (exact) mass is 389 g/mol. The Kier molecular flexibility index (Phi) is 3.90. The molecule has 19 heavy (non-hydrogen) atoms. The van der Waals surface area contributed by atoms with Gasteiger partial charge in [-0.1, -0.05) is 15.9 Å². The first-order chi connectivity index (χ1) is 8.99. The third-order valence-electron chi connectivity index (χ3n) is 2.07. The summed E-state index contributed by atoms with van der Waals surface area (Å²) in [5.41, 5.74) is 0.0450. The molecule has 0 aliphatic carbocycles. The van der Waals surface area contributed by atoms with Crippen molar-refractivity contribution in [3.8, 4) is 0 Å². The molecule has 1 aromatic carbocycles. The molecule has 0 fully saturated rings. The molecule has 0 spiro atoms. The second kappa shape index (κ2) is 5.45. The molecule has 0 saturated heterocycles. The smallest absolute Gasteiger partial charge is 0.337 e. The molecule has 10 heteroatoms. The van der Waals surface area contributed by atoms with Crippen molar-refractivity contribution in [2.45, 2.75) is 0 Å². The lowest BCUT2D eigenvalue weighted by atomic mass is 10.2. The fraction of sp³-hybridized carbons (Fsp3) is 0. The quantitative estimate of drug-likeness (QED) is 0.732. The maximum absolute atomic E-state index is 11.8. The summed E-state index contributed by atoms with van der Waals surface area (Å²) in [7, 11) is 0. The number of nitrogens with one attached hydrogen (secondary N) is 2. The molecular weight excluding hydrogens is 386 g/mol. The molecule has 0 saturated carbocycles. The van der Waals surface area contributed by atoms with E-state index in [0.29, 0.717) is 8.95 Å². The molecule has 98 valence electrons. The minimum Gasteiger partial charge on any atom is -0.478 e. The van der Waals surface area contributed by atoms with Crippen molar-refractivity contribution in [3.63, 3.8) is 0 Å². The van der Waals surface area contributed by atoms with Crippen LogP contribution in [0.3, 0.4) is 0 Å². The number of carbonyl (C=O) groups excluding carboxylic acids is 1. The Bertz CT molecular complexity index is 644. The van der Waals surface area contributed by atoms with Crippen LogP contribution >= 0.6 is 31.9 Å². The summed E-state index contributed by atoms with van der Waals surface area (Å²) in [6, 6.07) is 2.98. The van der Waals surface area contributed by atoms with Crippen LogP contribution in [0.25, 0.3) is 0 Å². The lowest BCUT2D eigenvalue weighted by Gasteiger charge is -2.09. The van der Waals surface area contributed by atoms with E-state index in [1.165, 1.54) is 6.07 Å². The van der Waals surface area contributed by atoms with E-state index in [-0.39, 0.29) is 17.1 Å². The Morgan fingerprint density at radius 3 is 2.63 bits per heavy atom. The third-order valence-corrected chi connectivity index (χ3v) is 3.16. The number of nitrogens with zero attached hydrogens (tertiary/aromatic N) is 3. The molecule has 0 unspecified atom stereocenters. The van der Waals surface area contributed by atoms with Crippen LogP contribution in [-0.4, -0.2) is 37.6 Å². The number of benzene rings is 1. The van der Waals surface area contributed by atoms with Crippen molar-refractivity contribution in [2.24, 2.45) is 0 Å². The molecule has 0 bridgehead atoms. The zero-order valence-electron chi connectivity index (χ0n) is 9.02. The van der Waals surface area contributed by atoms with Gasteiger partial charge in [0.05, 0.1) is 11.3 Å². The van der Waals surface area contributed by atoms with Crippen LogP contribution in [0.5, 0.6) is 0 Å². The molecule has 1 aromatic heterocycles. The molecular formula is C9H5Br2N5O3. The van der Waals surface area contributed by atoms with Crippen molar-refractivity contribution in [3.05, 3.63) is 32.5 Å². The van der Waals surface area contributed by atoms with Gasteiger partial charge in [-0.25, -0.2) is 4.79 Å². The third kappa shape index (κ3) is 2.96. The van der Waals surface area contributed by atoms with Crippen molar-refractivity contribution < 1.29 is 14.7 Å². The predicted octanol–water partition coefficient (Wildman–Crippen LogP) is 1.68. The molecule has 2 rings (SSSR count). The van der Waals surface area contributed by atoms with Gasteiger partial charge in [0.15, 0.2) is 0 Å². The zero-order valence-corrected chi connectivity index (χ0v) is 12.2. The first-order valence-corrected chi connectivity index (χ1v) is 6.34. The fourth-order valence-corrected chi connectivity index (χ4v) is 2.62. The molecule has 1 amide bonds. The van der Waals surface area contributed by atoms with E-state index >= 15 is 0 Å². The van der Waals surface area contributed by atoms with Crippen LogP contribution in [0, 0.1) is 0 Å². The predicted molar refractivity (Wildman–Crippen MR) is 70.9 cm³/mol. The van der Waals surface area contributed by atoms with Crippen LogP contribution in [0.15, 0.2) is 21.1 Å². The zero-order chi connectivity index (χ0) is 14.0. The number of tetrazole rings is 1. The van der Waals surface area contributed by atoms with Gasteiger partial charge in [0.1, 0.15) is 0 Å². The van der Waals surface area contributed by atoms with Crippen LogP contribution < -0.4 is 5.32 Å². The van der Waals surface area contributed by atoms with Gasteiger partial charge in [0.25, 0.3) is 11.7 Å². The lowest BCUT2D eigenvalue weighted by Crippen LogP contribution is -2.17. The van der Waals surface area contributed by atoms with E-state index in [1.54, 1.807) is 6.07 Å². The Balaban J connectivity index is 2.39. The lowest BCUT2D eigenvalue weighted by molar-refractivity contribution is 0.0698. The summed E-state index contributed by atoms with van der Waals surface area (Å²) < 4.78 is 0.977. The normalized spacial score (nSPS) is 10.2. The largest absolute Gasteiger partial charge is 0.478 e. The maximum atomic E-state index is 11.8. The van der Waals surface area contributed by atoms with E-state index in [9.17, 15) is 9.59 Å². The fourth-order valence-electron chi connectivity index (χ4n) is 1.30. The minimum atomic E-state index is -1.18. The number of aromatic nitrogens is 4. The second-order valence-electron chi connectivity index (χ2n) is 3.30. The minimum absolute atomic E-state index is 0.0712. The van der Waals surface area contributed by atoms with E-state index in [1.807, 2.05) is 0 Å². The number of carboxylic acids is 1. The number of anilines is 1. The molecule has 2 aromatic rings. The number of carboxylic acid groups (broad SMARTS) is 1. The van der Waals surface area contributed by atoms with Gasteiger partial charge < -0.3 is 10.4 Å². The van der Waals surface area contributed by atoms with E-state index in [4.69, 9.17) is 5.11 Å². The van der Waals surface area contributed by atoms with Crippen molar-refractivity contribution in [1.29, 1.82) is 0 Å². The average molecular weight is 391 g/mol. The van der Waals surface area contributed by atoms with Gasteiger partial charge in [-0.2, -0.15) is 5.21 Å². The molecule has 1 heterocycles. The number of hydrogen-bond acceptors (Lipinski definition) is 5. The number of rotatable bonds is 3. The Labute approximate surface area is 122 Å². The number of aromatic amines is 1. The van der Waals surface area contributed by atoms with E-state index < -0.39 is 11.9 Å². The highest BCUT2D eigenvalue weighted by Crippen LogP contribution is 2.31. The van der Waals surface area contributed by atoms with Crippen LogP contribution in [0.1, 0.15) is 21.0 Å². The molecule has 0 atom stereocenters. The highest BCUT2D eigenvalue weighted by atomic mass is 79.9. The van der Waals surface area contributed by atoms with Gasteiger partial charge in [-0.3, -0.25) is 4.79 Å². The van der Waals surface area contributed by atoms with Crippen LogP contribution in [0.2, 0.25) is 0 Å². The standard InChI is InChI=1S/C9H5Br2N5O3/c10-3-1-4(9(18)19)6(5(11)2-3)12-8(17)7-13-15-16-14-7/h1-2H,(H,12,17)(H,18,19)(H,13,14,15,16). The van der Waals surface area contributed by atoms with Crippen LogP contribution in [-0.2, 0) is 0 Å². The van der Waals surface area contributed by atoms with Crippen molar-refractivity contribution in [1.82, 2.24) is 20.6 Å². The summed E-state index contributed by atoms with van der Waals surface area (Å²) in [4.78, 5) is 22.9. The maximum Gasteiger partial charge on any atom is 0.337 e. The topological polar surface area (TPSA) is 121 Å². The Morgan fingerprint density at radius 1 is 1.32 bits per heavy atom. The summed E-state index contributed by atoms with van der Waals surface area (Å²) in [6.45, 7) is 0. The summed E-state index contributed by atoms with van der Waals surface area (Å²) >= 11 is 6.36. The number of carbonyl (C=O) groups is 2. The highest BCUT2D eigenvalue weighted by Gasteiger charge is 2.19. The number of amides is 1. The van der Waals surface area contributed by atoms with Gasteiger partial charge in [0, 0.05) is 8.95 Å². The molecule has 8 nitrogen and oxygen atoms in total. The summed E-state index contributed by atoms with van der Waals surface area (Å²) in [5, 5.41) is 23.9. The molecule has 0 aliphatic heterocycles. The Hall–Kier alpha value is -1.81. The molecule has 3 N–H and O–H groups in total. The van der Waals surface area contributed by atoms with Crippen molar-refractivity contribution in [2.75, 3.05) is 5.32 Å². The van der Waals surface area contributed by atoms with Gasteiger partial charge >= 0.3 is 5.97 Å². The Morgan fingerprint density at radius 2 is 2.05 bits per heavy atom.